The summed E-state index contributed by atoms with van der Waals surface area (Å²) in [6.45, 7) is 3.92. The van der Waals surface area contributed by atoms with Crippen molar-refractivity contribution in [2.75, 3.05) is 50.3 Å². The van der Waals surface area contributed by atoms with E-state index in [0.29, 0.717) is 22.3 Å². The number of nitrogens with two attached hydrogens (primary N) is 5. The molecule has 38 heteroatoms. The van der Waals surface area contributed by atoms with Crippen LogP contribution in [0.5, 0.6) is 0 Å². The fourth-order valence-electron chi connectivity index (χ4n) is 10.6. The van der Waals surface area contributed by atoms with Crippen LogP contribution in [-0.4, -0.2) is 248 Å². The van der Waals surface area contributed by atoms with Crippen LogP contribution in [0.4, 0.5) is 10.6 Å². The molecule has 0 saturated carbocycles. The van der Waals surface area contributed by atoms with Gasteiger partial charge in [0.05, 0.1) is 85.1 Å². The molecule has 2 saturated heterocycles. The summed E-state index contributed by atoms with van der Waals surface area (Å²) in [4.78, 5) is 132. The number of carbonyl (C=O) groups is 8. The largest absolute Gasteiger partial charge is 0.441 e. The second kappa shape index (κ2) is 36.1. The Labute approximate surface area is 561 Å². The summed E-state index contributed by atoms with van der Waals surface area (Å²) in [6.07, 6.45) is -20.7. The number of nitrogens with zero attached hydrogens (tertiary/aromatic N) is 5. The zero-order valence-corrected chi connectivity index (χ0v) is 55.9. The maximum Gasteiger partial charge on any atom is 0.404 e. The molecular formula is C58H87N14O21S3+. The molecule has 6 heterocycles. The first-order valence-corrected chi connectivity index (χ1v) is 34.5. The summed E-state index contributed by atoms with van der Waals surface area (Å²) in [5.74, 6) is -10.5. The zero-order chi connectivity index (χ0) is 71.0. The average molecular weight is 1410 g/mol. The quantitative estimate of drug-likeness (QED) is 0.0115. The molecule has 22 N–H and O–H groups in total. The van der Waals surface area contributed by atoms with E-state index in [-0.39, 0.29) is 71.2 Å². The number of amides is 6. The summed E-state index contributed by atoms with van der Waals surface area (Å²) in [7, 11) is 0.259. The summed E-state index contributed by atoms with van der Waals surface area (Å²) in [6, 6.07) is -2.59. The monoisotopic (exact) mass is 1410 g/mol. The zero-order valence-electron chi connectivity index (χ0n) is 53.5. The van der Waals surface area contributed by atoms with Gasteiger partial charge < -0.3 is 114 Å². The number of aliphatic hydroxyl groups excluding tert-OH is 8. The first kappa shape index (κ1) is 78.1. The Kier molecular flexibility index (Phi) is 29.4. The van der Waals surface area contributed by atoms with Crippen LogP contribution in [0.25, 0.3) is 10.7 Å². The number of H-pyrrole nitrogens is 1. The molecule has 9 unspecified atom stereocenters. The van der Waals surface area contributed by atoms with Crippen LogP contribution in [0.3, 0.4) is 0 Å². The van der Waals surface area contributed by atoms with E-state index >= 15 is 9.59 Å². The molecule has 19 atom stereocenters. The maximum atomic E-state index is 15.3. The highest BCUT2D eigenvalue weighted by Gasteiger charge is 2.54. The number of rotatable bonds is 37. The molecule has 4 aromatic heterocycles. The van der Waals surface area contributed by atoms with Crippen molar-refractivity contribution in [3.63, 3.8) is 0 Å². The van der Waals surface area contributed by atoms with Crippen molar-refractivity contribution in [2.45, 2.75) is 170 Å². The lowest BCUT2D eigenvalue weighted by molar-refractivity contribution is -0.373. The van der Waals surface area contributed by atoms with Gasteiger partial charge in [-0.15, -0.1) is 22.7 Å². The highest BCUT2D eigenvalue weighted by atomic mass is 32.2. The molecule has 0 aromatic carbocycles. The number of carbonyl (C=O) groups excluding carboxylic acids is 8. The number of ketones is 2. The summed E-state index contributed by atoms with van der Waals surface area (Å²) in [5, 5.41) is 101. The number of hydrogen-bond acceptors (Lipinski definition) is 30. The number of primary amides is 3. The Morgan fingerprint density at radius 1 is 0.792 bits per heavy atom. The van der Waals surface area contributed by atoms with Gasteiger partial charge in [-0.05, 0) is 44.5 Å². The van der Waals surface area contributed by atoms with Crippen molar-refractivity contribution >= 4 is 86.6 Å². The lowest BCUT2D eigenvalue weighted by Gasteiger charge is -2.47. The second-order valence-corrected chi connectivity index (χ2v) is 27.9. The fourth-order valence-corrected chi connectivity index (χ4v) is 12.9. The summed E-state index contributed by atoms with van der Waals surface area (Å²) >= 11 is 2.56. The van der Waals surface area contributed by atoms with Gasteiger partial charge in [0, 0.05) is 73.4 Å². The molecule has 4 aromatic rings. The van der Waals surface area contributed by atoms with Crippen LogP contribution in [0.2, 0.25) is 0 Å². The molecule has 0 bridgehead atoms. The number of aromatic nitrogens is 6. The van der Waals surface area contributed by atoms with Crippen LogP contribution in [0.15, 0.2) is 23.3 Å². The van der Waals surface area contributed by atoms with Crippen molar-refractivity contribution in [3.05, 3.63) is 56.8 Å². The van der Waals surface area contributed by atoms with Crippen LogP contribution < -0.4 is 44.6 Å². The minimum atomic E-state index is -2.17. The number of hydrogen-bond donors (Lipinski definition) is 17. The van der Waals surface area contributed by atoms with Crippen LogP contribution in [0.1, 0.15) is 114 Å². The topological polar surface area (TPSA) is 591 Å². The number of anilines is 1. The van der Waals surface area contributed by atoms with Crippen molar-refractivity contribution < 1.29 is 103 Å². The lowest BCUT2D eigenvalue weighted by Crippen LogP contribution is -2.65. The number of aliphatic hydroxyl groups is 8. The Balaban J connectivity index is 1.26. The van der Waals surface area contributed by atoms with E-state index in [2.05, 4.69) is 58.4 Å². The van der Waals surface area contributed by atoms with Crippen LogP contribution in [0, 0.1) is 24.7 Å². The number of imidazole rings is 1. The first-order chi connectivity index (χ1) is 45.3. The van der Waals surface area contributed by atoms with Gasteiger partial charge in [-0.3, -0.25) is 33.6 Å². The predicted octanol–water partition coefficient (Wildman–Crippen LogP) is -4.29. The van der Waals surface area contributed by atoms with E-state index in [1.807, 2.05) is 0 Å². The molecule has 35 nitrogen and oxygen atoms in total. The first-order valence-electron chi connectivity index (χ1n) is 30.6. The van der Waals surface area contributed by atoms with Crippen molar-refractivity contribution in [3.8, 4) is 10.7 Å². The molecule has 532 valence electrons. The summed E-state index contributed by atoms with van der Waals surface area (Å²) in [5.41, 5.74) is 28.7. The third-order valence-corrected chi connectivity index (χ3v) is 19.2. The Morgan fingerprint density at radius 2 is 1.48 bits per heavy atom. The number of thiazole rings is 2. The summed E-state index contributed by atoms with van der Waals surface area (Å²) < 4.78 is 28.9. The smallest absolute Gasteiger partial charge is 0.404 e. The standard InChI is InChI=1S/C58H86N14O21S3/c1-23(34(76)15-28(26(4)75)52(85)66-12-10-39-69-33(21-94-39)55-70-32(20-95-55)54(87)65-11-7-13-96(5)6)41(79)25(3)68-53(86)29(16-35(77)40-24(2)49(61)72-51(71-40)27(14-38(60)78)8-9-30(59)50(62)84)46(31-17-64-22-67-31)91-57-48(44(82)42(80)36(18-73)90-57)92-56-45(83)47(93-58(63)88)43(81)37(19-74)89-56/h17,20-23,25-30,36-37,41-48,56-57,73-75,79-83H,7-16,18-19,59H2,1-6H3,(H11-,60,61,62,63,64,65,66,67,68,71,72,78,84,85,86,87,88)/p+1/t23?,25-,26-,27+,28+,29+,30+,36?,37?,41+,42-,43?,44-,45?,46?,47?,48?,56?,57+/m1/s1. The minimum Gasteiger partial charge on any atom is -0.441 e. The van der Waals surface area contributed by atoms with Gasteiger partial charge >= 0.3 is 6.09 Å². The Hall–Kier alpha value is -6.86. The molecule has 0 radical (unpaired) electrons. The van der Waals surface area contributed by atoms with E-state index in [1.165, 1.54) is 50.4 Å². The number of Topliss-reactive ketones (excluding diaryl/α,β-unsaturated/α-hetero) is 2. The molecule has 0 spiro atoms. The molecule has 2 aliphatic heterocycles. The predicted molar refractivity (Wildman–Crippen MR) is 342 cm³/mol. The van der Waals surface area contributed by atoms with Gasteiger partial charge in [0.15, 0.2) is 24.5 Å². The number of nitrogen functional groups attached to an aromatic ring is 1. The number of aromatic amines is 1. The molecule has 0 aliphatic carbocycles. The third-order valence-electron chi connectivity index (χ3n) is 16.3. The van der Waals surface area contributed by atoms with Crippen LogP contribution >= 0.6 is 22.7 Å². The molecule has 6 amide bonds. The van der Waals surface area contributed by atoms with Gasteiger partial charge in [-0.25, -0.2) is 29.7 Å². The van der Waals surface area contributed by atoms with Crippen molar-refractivity contribution in [1.82, 2.24) is 45.9 Å². The van der Waals surface area contributed by atoms with Gasteiger partial charge in [0.2, 0.25) is 23.6 Å². The van der Waals surface area contributed by atoms with Gasteiger partial charge in [-0.1, -0.05) is 6.92 Å². The van der Waals surface area contributed by atoms with E-state index in [4.69, 9.17) is 52.4 Å². The average Bonchev–Trinajstić information content (AvgIpc) is 0.883. The fraction of sp³-hybridized carbons (Fsp3) is 0.638. The molecular weight excluding hydrogens is 1320 g/mol. The molecule has 2 aliphatic rings. The van der Waals surface area contributed by atoms with E-state index in [1.54, 1.807) is 10.8 Å². The van der Waals surface area contributed by atoms with E-state index in [9.17, 15) is 69.6 Å². The molecule has 2 fully saturated rings. The lowest BCUT2D eigenvalue weighted by atomic mass is 9.86. The van der Waals surface area contributed by atoms with E-state index in [0.717, 1.165) is 24.7 Å². The maximum absolute atomic E-state index is 15.3. The molecule has 6 rings (SSSR count). The Bertz CT molecular complexity index is 3270. The normalized spacial score (nSPS) is 24.1. The highest BCUT2D eigenvalue weighted by Crippen LogP contribution is 2.38. The van der Waals surface area contributed by atoms with Gasteiger partial charge in [0.25, 0.3) is 5.91 Å². The van der Waals surface area contributed by atoms with Crippen molar-refractivity contribution in [2.24, 2.45) is 40.7 Å². The second-order valence-electron chi connectivity index (χ2n) is 23.7. The third kappa shape index (κ3) is 20.8. The number of ether oxygens (including phenoxy) is 5. The van der Waals surface area contributed by atoms with Crippen LogP contribution in [-0.2, 0) is 65.0 Å². The molecule has 96 heavy (non-hydrogen) atoms. The van der Waals surface area contributed by atoms with Gasteiger partial charge in [0.1, 0.15) is 94.1 Å². The van der Waals surface area contributed by atoms with Crippen molar-refractivity contribution in [1.29, 1.82) is 0 Å². The Morgan fingerprint density at radius 3 is 2.10 bits per heavy atom. The van der Waals surface area contributed by atoms with Gasteiger partial charge in [-0.2, -0.15) is 0 Å². The minimum absolute atomic E-state index is 0.0249. The van der Waals surface area contributed by atoms with E-state index < -0.39 is 195 Å². The highest BCUT2D eigenvalue weighted by molar-refractivity contribution is 7.95. The SMILES string of the molecule is Cc1c(N)nc([C@@H](CC[C@H](N)C(N)=O)CC(N)=O)nc1C(=O)C[C@H](C(=O)N[C@H](C)[C@@H](O)C(C)C(=O)C[C@H](C(=O)NCCc1nc(-c2nc(C(=O)NCCC[S+](C)C)cs2)cs1)[C@@H](C)O)C(O[C@@H]1OC(CO)[C@@H](O)[C@@H](O)C1OC1OC(CO)C(O)C(OC(N)=O)C1O)c1cnc[nH]1. The number of nitrogens with one attached hydrogen (secondary N) is 4.